The van der Waals surface area contributed by atoms with Crippen molar-refractivity contribution in [3.05, 3.63) is 77.4 Å². The average molecular weight is 562 g/mol. The number of ketones is 1. The third-order valence-electron chi connectivity index (χ3n) is 7.44. The summed E-state index contributed by atoms with van der Waals surface area (Å²) in [5, 5.41) is 1.89. The van der Waals surface area contributed by atoms with Crippen LogP contribution in [0.25, 0.3) is 21.8 Å². The zero-order valence-electron chi connectivity index (χ0n) is 23.5. The monoisotopic (exact) mass is 561 g/mol. The van der Waals surface area contributed by atoms with Gasteiger partial charge in [0.05, 0.1) is 31.0 Å². The van der Waals surface area contributed by atoms with Crippen molar-refractivity contribution in [2.45, 2.75) is 45.8 Å². The molecule has 1 N–H and O–H groups in total. The highest BCUT2D eigenvalue weighted by molar-refractivity contribution is 6.11. The van der Waals surface area contributed by atoms with Gasteiger partial charge in [0.1, 0.15) is 12.6 Å². The van der Waals surface area contributed by atoms with Crippen LogP contribution in [0.15, 0.2) is 54.7 Å². The van der Waals surface area contributed by atoms with Crippen LogP contribution in [-0.4, -0.2) is 65.8 Å². The molecule has 0 aliphatic carbocycles. The Labute approximate surface area is 238 Å². The first kappa shape index (κ1) is 28.9. The van der Waals surface area contributed by atoms with E-state index in [1.54, 1.807) is 18.3 Å². The van der Waals surface area contributed by atoms with E-state index in [9.17, 15) is 14.0 Å². The summed E-state index contributed by atoms with van der Waals surface area (Å²) >= 11 is 0. The number of halogens is 1. The van der Waals surface area contributed by atoms with Crippen LogP contribution in [0.2, 0.25) is 0 Å². The molecular formula is C32H36FN3O5. The molecule has 0 spiro atoms. The number of para-hydroxylation sites is 1. The molecule has 0 bridgehead atoms. The fourth-order valence-electron chi connectivity index (χ4n) is 5.42. The number of carbonyl (C=O) groups is 2. The molecule has 0 unspecified atom stereocenters. The van der Waals surface area contributed by atoms with Crippen LogP contribution in [0.3, 0.4) is 0 Å². The maximum Gasteiger partial charge on any atom is 0.357 e. The second kappa shape index (κ2) is 13.3. The summed E-state index contributed by atoms with van der Waals surface area (Å²) in [7, 11) is 0. The number of aromatic nitrogens is 2. The number of benzene rings is 2. The van der Waals surface area contributed by atoms with Crippen molar-refractivity contribution in [3.63, 3.8) is 0 Å². The molecule has 1 aliphatic rings. The standard InChI is InChI=1S/C32H36FN3O5/c1-21(2)41-32(38)30-26(29-25-6-3-4-7-27(25)35-28(29)18-34-30)19-40-20-39-17-5-14-36-15-12-23(13-16-36)31(37)22-8-10-24(33)11-9-22/h3-4,6-11,18,21,23,35H,5,12-17,19-20H2,1-2H3. The van der Waals surface area contributed by atoms with Gasteiger partial charge in [-0.1, -0.05) is 18.2 Å². The van der Waals surface area contributed by atoms with Crippen LogP contribution in [0, 0.1) is 11.7 Å². The number of likely N-dealkylation sites (tertiary alicyclic amines) is 1. The summed E-state index contributed by atoms with van der Waals surface area (Å²) < 4.78 is 30.2. The summed E-state index contributed by atoms with van der Waals surface area (Å²) in [6.07, 6.45) is 3.84. The van der Waals surface area contributed by atoms with E-state index in [1.165, 1.54) is 12.1 Å². The van der Waals surface area contributed by atoms with Crippen molar-refractivity contribution in [2.24, 2.45) is 5.92 Å². The molecule has 0 atom stereocenters. The summed E-state index contributed by atoms with van der Waals surface area (Å²) in [5.74, 6) is -0.719. The Balaban J connectivity index is 1.09. The number of piperidine rings is 1. The number of hydrogen-bond donors (Lipinski definition) is 1. The number of rotatable bonds is 12. The first-order chi connectivity index (χ1) is 19.9. The number of aromatic amines is 1. The van der Waals surface area contributed by atoms with Crippen molar-refractivity contribution >= 4 is 33.6 Å². The molecule has 0 amide bonds. The summed E-state index contributed by atoms with van der Waals surface area (Å²) in [5.41, 5.74) is 3.29. The number of pyridine rings is 1. The highest BCUT2D eigenvalue weighted by Gasteiger charge is 2.26. The Morgan fingerprint density at radius 2 is 1.80 bits per heavy atom. The molecule has 41 heavy (non-hydrogen) atoms. The molecule has 2 aromatic carbocycles. The Kier molecular flexibility index (Phi) is 9.38. The highest BCUT2D eigenvalue weighted by Crippen LogP contribution is 2.30. The van der Waals surface area contributed by atoms with Crippen molar-refractivity contribution in [3.8, 4) is 0 Å². The maximum atomic E-state index is 13.2. The van der Waals surface area contributed by atoms with Gasteiger partial charge in [-0.15, -0.1) is 0 Å². The van der Waals surface area contributed by atoms with Crippen LogP contribution in [0.1, 0.15) is 59.5 Å². The zero-order chi connectivity index (χ0) is 28.8. The predicted molar refractivity (Wildman–Crippen MR) is 154 cm³/mol. The molecule has 2 aromatic heterocycles. The van der Waals surface area contributed by atoms with Gasteiger partial charge in [-0.3, -0.25) is 4.79 Å². The second-order valence-corrected chi connectivity index (χ2v) is 10.7. The Bertz CT molecular complexity index is 1490. The molecule has 0 radical (unpaired) electrons. The molecule has 8 nitrogen and oxygen atoms in total. The molecular weight excluding hydrogens is 525 g/mol. The van der Waals surface area contributed by atoms with E-state index in [4.69, 9.17) is 14.2 Å². The van der Waals surface area contributed by atoms with E-state index in [0.29, 0.717) is 17.7 Å². The third kappa shape index (κ3) is 6.98. The lowest BCUT2D eigenvalue weighted by Crippen LogP contribution is -2.37. The van der Waals surface area contributed by atoms with Gasteiger partial charge in [-0.05, 0) is 76.5 Å². The quantitative estimate of drug-likeness (QED) is 0.0997. The summed E-state index contributed by atoms with van der Waals surface area (Å²) in [6.45, 7) is 6.98. The van der Waals surface area contributed by atoms with Gasteiger partial charge in [0.15, 0.2) is 11.5 Å². The summed E-state index contributed by atoms with van der Waals surface area (Å²) in [4.78, 5) is 35.6. The van der Waals surface area contributed by atoms with Gasteiger partial charge < -0.3 is 24.1 Å². The minimum Gasteiger partial charge on any atom is -0.458 e. The van der Waals surface area contributed by atoms with E-state index >= 15 is 0 Å². The van der Waals surface area contributed by atoms with Crippen molar-refractivity contribution < 1.29 is 28.2 Å². The number of carbonyl (C=O) groups excluding carboxylic acids is 2. The molecule has 1 aliphatic heterocycles. The van der Waals surface area contributed by atoms with Crippen molar-refractivity contribution in [1.29, 1.82) is 0 Å². The lowest BCUT2D eigenvalue weighted by molar-refractivity contribution is -0.0633. The largest absolute Gasteiger partial charge is 0.458 e. The molecule has 3 heterocycles. The molecule has 4 aromatic rings. The molecule has 0 saturated carbocycles. The van der Waals surface area contributed by atoms with Gasteiger partial charge >= 0.3 is 5.97 Å². The first-order valence-electron chi connectivity index (χ1n) is 14.2. The number of fused-ring (bicyclic) bond motifs is 3. The normalized spacial score (nSPS) is 14.7. The van der Waals surface area contributed by atoms with Crippen molar-refractivity contribution in [2.75, 3.05) is 33.0 Å². The minimum absolute atomic E-state index is 0.0137. The SMILES string of the molecule is CC(C)OC(=O)c1ncc2[nH]c3ccccc3c2c1COCOCCCN1CCC(C(=O)c2ccc(F)cc2)CC1. The number of nitrogens with zero attached hydrogens (tertiary/aromatic N) is 2. The topological polar surface area (TPSA) is 93.8 Å². The molecule has 216 valence electrons. The minimum atomic E-state index is -0.477. The lowest BCUT2D eigenvalue weighted by atomic mass is 9.89. The average Bonchev–Trinajstić information content (AvgIpc) is 3.35. The lowest BCUT2D eigenvalue weighted by Gasteiger charge is -2.31. The van der Waals surface area contributed by atoms with Crippen LogP contribution in [-0.2, 0) is 20.8 Å². The number of esters is 1. The van der Waals surface area contributed by atoms with Crippen LogP contribution >= 0.6 is 0 Å². The third-order valence-corrected chi connectivity index (χ3v) is 7.44. The number of Topliss-reactive ketones (excluding diaryl/α,β-unsaturated/α-hetero) is 1. The first-order valence-corrected chi connectivity index (χ1v) is 14.2. The van der Waals surface area contributed by atoms with Gasteiger partial charge in [-0.2, -0.15) is 0 Å². The van der Waals surface area contributed by atoms with E-state index in [2.05, 4.69) is 14.9 Å². The predicted octanol–water partition coefficient (Wildman–Crippen LogP) is 5.90. The van der Waals surface area contributed by atoms with Gasteiger partial charge in [0, 0.05) is 39.9 Å². The zero-order valence-corrected chi connectivity index (χ0v) is 23.5. The molecule has 1 saturated heterocycles. The fourth-order valence-corrected chi connectivity index (χ4v) is 5.42. The number of H-pyrrole nitrogens is 1. The van der Waals surface area contributed by atoms with E-state index in [0.717, 1.165) is 60.7 Å². The summed E-state index contributed by atoms with van der Waals surface area (Å²) in [6, 6.07) is 13.7. The molecule has 5 rings (SSSR count). The highest BCUT2D eigenvalue weighted by atomic mass is 19.1. The second-order valence-electron chi connectivity index (χ2n) is 10.7. The Morgan fingerprint density at radius 1 is 1.05 bits per heavy atom. The number of ether oxygens (including phenoxy) is 3. The van der Waals surface area contributed by atoms with Gasteiger partial charge in [0.2, 0.25) is 0 Å². The van der Waals surface area contributed by atoms with Gasteiger partial charge in [0.25, 0.3) is 0 Å². The van der Waals surface area contributed by atoms with E-state index in [-0.39, 0.29) is 42.7 Å². The van der Waals surface area contributed by atoms with E-state index < -0.39 is 5.97 Å². The smallest absolute Gasteiger partial charge is 0.357 e. The van der Waals surface area contributed by atoms with Crippen LogP contribution in [0.4, 0.5) is 4.39 Å². The Morgan fingerprint density at radius 3 is 2.56 bits per heavy atom. The van der Waals surface area contributed by atoms with E-state index in [1.807, 2.05) is 38.1 Å². The fraction of sp³-hybridized carbons (Fsp3) is 0.406. The molecule has 1 fully saturated rings. The molecule has 9 heteroatoms. The number of hydrogen-bond acceptors (Lipinski definition) is 7. The van der Waals surface area contributed by atoms with Crippen LogP contribution in [0.5, 0.6) is 0 Å². The van der Waals surface area contributed by atoms with Gasteiger partial charge in [-0.25, -0.2) is 14.2 Å². The van der Waals surface area contributed by atoms with Crippen LogP contribution < -0.4 is 0 Å². The number of nitrogens with one attached hydrogen (secondary N) is 1. The maximum absolute atomic E-state index is 13.2. The Hall–Kier alpha value is -3.66. The van der Waals surface area contributed by atoms with Crippen molar-refractivity contribution in [1.82, 2.24) is 14.9 Å².